The van der Waals surface area contributed by atoms with Crippen LogP contribution >= 0.6 is 0 Å². The van der Waals surface area contributed by atoms with E-state index in [2.05, 4.69) is 11.4 Å². The highest BCUT2D eigenvalue weighted by Crippen LogP contribution is 2.25. The number of nitro benzene ring substituents is 1. The summed E-state index contributed by atoms with van der Waals surface area (Å²) in [5.41, 5.74) is 3.26. The molecule has 2 rings (SSSR count). The van der Waals surface area contributed by atoms with Crippen LogP contribution in [0.1, 0.15) is 22.7 Å². The van der Waals surface area contributed by atoms with Crippen LogP contribution in [0, 0.1) is 17.0 Å². The molecule has 0 heterocycles. The van der Waals surface area contributed by atoms with Gasteiger partial charge in [0.05, 0.1) is 4.92 Å². The molecule has 2 aromatic carbocycles. The van der Waals surface area contributed by atoms with Crippen LogP contribution in [0.3, 0.4) is 0 Å². The Balaban J connectivity index is 2.29. The van der Waals surface area contributed by atoms with Gasteiger partial charge in [-0.1, -0.05) is 48.0 Å². The molecule has 0 fully saturated rings. The minimum absolute atomic E-state index is 0.0657. The Morgan fingerprint density at radius 1 is 1.20 bits per heavy atom. The van der Waals surface area contributed by atoms with Gasteiger partial charge in [0.15, 0.2) is 0 Å². The molecule has 0 aliphatic rings. The average Bonchev–Trinajstić information content (AvgIpc) is 2.45. The van der Waals surface area contributed by atoms with Crippen molar-refractivity contribution in [1.29, 1.82) is 0 Å². The lowest BCUT2D eigenvalue weighted by Gasteiger charge is -2.17. The van der Waals surface area contributed by atoms with E-state index in [1.54, 1.807) is 12.1 Å². The fourth-order valence-electron chi connectivity index (χ4n) is 2.35. The summed E-state index contributed by atoms with van der Waals surface area (Å²) in [6.07, 6.45) is 0.594. The minimum atomic E-state index is -0.321. The van der Waals surface area contributed by atoms with Crippen LogP contribution in [0.4, 0.5) is 5.69 Å². The van der Waals surface area contributed by atoms with E-state index < -0.39 is 0 Å². The van der Waals surface area contributed by atoms with Crippen molar-refractivity contribution < 1.29 is 4.92 Å². The van der Waals surface area contributed by atoms with E-state index in [1.165, 1.54) is 5.56 Å². The van der Waals surface area contributed by atoms with Gasteiger partial charge in [-0.3, -0.25) is 10.1 Å². The number of nitrogens with zero attached hydrogens (tertiary/aromatic N) is 1. The van der Waals surface area contributed by atoms with Gasteiger partial charge in [-0.25, -0.2) is 0 Å². The number of aryl methyl sites for hydroxylation is 1. The van der Waals surface area contributed by atoms with Crippen LogP contribution < -0.4 is 5.32 Å². The van der Waals surface area contributed by atoms with Gasteiger partial charge in [0.2, 0.25) is 0 Å². The Morgan fingerprint density at radius 3 is 2.60 bits per heavy atom. The van der Waals surface area contributed by atoms with Gasteiger partial charge >= 0.3 is 0 Å². The van der Waals surface area contributed by atoms with E-state index in [0.717, 1.165) is 11.1 Å². The first kappa shape index (κ1) is 14.2. The summed E-state index contributed by atoms with van der Waals surface area (Å²) in [5, 5.41) is 14.3. The van der Waals surface area contributed by atoms with Crippen LogP contribution in [-0.2, 0) is 6.42 Å². The summed E-state index contributed by atoms with van der Waals surface area (Å²) in [7, 11) is 1.88. The lowest BCUT2D eigenvalue weighted by molar-refractivity contribution is -0.385. The number of likely N-dealkylation sites (N-methyl/N-ethyl adjacent to an activating group) is 1. The molecule has 4 nitrogen and oxygen atoms in total. The molecule has 1 unspecified atom stereocenters. The SMILES string of the molecule is CNC(Cc1ccccc1[N+](=O)[O-])c1cccc(C)c1. The first-order valence-corrected chi connectivity index (χ1v) is 6.58. The van der Waals surface area contributed by atoms with E-state index >= 15 is 0 Å². The van der Waals surface area contributed by atoms with Gasteiger partial charge < -0.3 is 5.32 Å². The molecule has 20 heavy (non-hydrogen) atoms. The molecule has 0 radical (unpaired) electrons. The molecule has 0 aliphatic heterocycles. The molecule has 0 saturated carbocycles. The van der Waals surface area contributed by atoms with Crippen LogP contribution in [0.2, 0.25) is 0 Å². The standard InChI is InChI=1S/C16H18N2O2/c1-12-6-5-8-13(10-12)15(17-2)11-14-7-3-4-9-16(14)18(19)20/h3-10,15,17H,11H2,1-2H3. The summed E-state index contributed by atoms with van der Waals surface area (Å²) in [5.74, 6) is 0. The fraction of sp³-hybridized carbons (Fsp3) is 0.250. The zero-order chi connectivity index (χ0) is 14.5. The quantitative estimate of drug-likeness (QED) is 0.669. The van der Waals surface area contributed by atoms with E-state index in [-0.39, 0.29) is 16.7 Å². The van der Waals surface area contributed by atoms with Crippen molar-refractivity contribution in [2.45, 2.75) is 19.4 Å². The van der Waals surface area contributed by atoms with Crippen molar-refractivity contribution in [2.24, 2.45) is 0 Å². The molecule has 1 atom stereocenters. The molecule has 2 aromatic rings. The molecule has 4 heteroatoms. The predicted octanol–water partition coefficient (Wildman–Crippen LogP) is 3.41. The molecule has 104 valence electrons. The maximum atomic E-state index is 11.1. The lowest BCUT2D eigenvalue weighted by Crippen LogP contribution is -2.19. The molecule has 0 aromatic heterocycles. The summed E-state index contributed by atoms with van der Waals surface area (Å²) in [6.45, 7) is 2.04. The van der Waals surface area contributed by atoms with Crippen molar-refractivity contribution in [2.75, 3.05) is 7.05 Å². The highest BCUT2D eigenvalue weighted by Gasteiger charge is 2.17. The molecule has 0 spiro atoms. The molecule has 1 N–H and O–H groups in total. The zero-order valence-electron chi connectivity index (χ0n) is 11.7. The van der Waals surface area contributed by atoms with Crippen molar-refractivity contribution >= 4 is 5.69 Å². The summed E-state index contributed by atoms with van der Waals surface area (Å²) < 4.78 is 0. The van der Waals surface area contributed by atoms with Crippen LogP contribution in [0.15, 0.2) is 48.5 Å². The number of para-hydroxylation sites is 1. The Morgan fingerprint density at radius 2 is 1.95 bits per heavy atom. The molecule has 0 aliphatic carbocycles. The van der Waals surface area contributed by atoms with Gasteiger partial charge in [0.1, 0.15) is 0 Å². The summed E-state index contributed by atoms with van der Waals surface area (Å²) in [6, 6.07) is 15.2. The molecule has 0 saturated heterocycles. The summed E-state index contributed by atoms with van der Waals surface area (Å²) in [4.78, 5) is 10.7. The van der Waals surface area contributed by atoms with Crippen LogP contribution in [-0.4, -0.2) is 12.0 Å². The van der Waals surface area contributed by atoms with Gasteiger partial charge in [-0.15, -0.1) is 0 Å². The normalized spacial score (nSPS) is 12.1. The monoisotopic (exact) mass is 270 g/mol. The minimum Gasteiger partial charge on any atom is -0.313 e. The number of benzene rings is 2. The first-order valence-electron chi connectivity index (χ1n) is 6.58. The summed E-state index contributed by atoms with van der Waals surface area (Å²) >= 11 is 0. The Kier molecular flexibility index (Phi) is 4.48. The number of hydrogen-bond donors (Lipinski definition) is 1. The third-order valence-corrected chi connectivity index (χ3v) is 3.41. The molecule has 0 amide bonds. The zero-order valence-corrected chi connectivity index (χ0v) is 11.7. The van der Waals surface area contributed by atoms with Crippen molar-refractivity contribution in [3.63, 3.8) is 0 Å². The van der Waals surface area contributed by atoms with Gasteiger partial charge in [-0.2, -0.15) is 0 Å². The fourth-order valence-corrected chi connectivity index (χ4v) is 2.35. The average molecular weight is 270 g/mol. The van der Waals surface area contributed by atoms with E-state index in [1.807, 2.05) is 44.3 Å². The second kappa shape index (κ2) is 6.30. The Bertz CT molecular complexity index is 611. The lowest BCUT2D eigenvalue weighted by atomic mass is 9.97. The topological polar surface area (TPSA) is 55.2 Å². The molecule has 0 bridgehead atoms. The smallest absolute Gasteiger partial charge is 0.272 e. The first-order chi connectivity index (χ1) is 9.61. The van der Waals surface area contributed by atoms with Crippen molar-refractivity contribution in [3.8, 4) is 0 Å². The van der Waals surface area contributed by atoms with Crippen LogP contribution in [0.5, 0.6) is 0 Å². The second-order valence-corrected chi connectivity index (χ2v) is 4.85. The molecular formula is C16H18N2O2. The van der Waals surface area contributed by atoms with Gasteiger partial charge in [0.25, 0.3) is 5.69 Å². The predicted molar refractivity (Wildman–Crippen MR) is 79.8 cm³/mol. The van der Waals surface area contributed by atoms with Crippen molar-refractivity contribution in [1.82, 2.24) is 5.32 Å². The third kappa shape index (κ3) is 3.22. The van der Waals surface area contributed by atoms with Crippen LogP contribution in [0.25, 0.3) is 0 Å². The largest absolute Gasteiger partial charge is 0.313 e. The van der Waals surface area contributed by atoms with Gasteiger partial charge in [0, 0.05) is 17.7 Å². The number of hydrogen-bond acceptors (Lipinski definition) is 3. The maximum absolute atomic E-state index is 11.1. The maximum Gasteiger partial charge on any atom is 0.272 e. The van der Waals surface area contributed by atoms with E-state index in [0.29, 0.717) is 6.42 Å². The third-order valence-electron chi connectivity index (χ3n) is 3.41. The van der Waals surface area contributed by atoms with E-state index in [4.69, 9.17) is 0 Å². The highest BCUT2D eigenvalue weighted by atomic mass is 16.6. The number of nitro groups is 1. The Labute approximate surface area is 118 Å². The highest BCUT2D eigenvalue weighted by molar-refractivity contribution is 5.41. The van der Waals surface area contributed by atoms with E-state index in [9.17, 15) is 10.1 Å². The second-order valence-electron chi connectivity index (χ2n) is 4.85. The van der Waals surface area contributed by atoms with Crippen molar-refractivity contribution in [3.05, 3.63) is 75.3 Å². The molecular weight excluding hydrogens is 252 g/mol. The number of nitrogens with one attached hydrogen (secondary N) is 1. The van der Waals surface area contributed by atoms with Gasteiger partial charge in [-0.05, 0) is 26.0 Å². The Hall–Kier alpha value is -2.20. The number of rotatable bonds is 5.